The Labute approximate surface area is 101 Å². The maximum Gasteiger partial charge on any atom is 0.340 e. The normalized spacial score (nSPS) is 10.4. The Balaban J connectivity index is 2.39. The molecule has 1 aromatic heterocycles. The van der Waals surface area contributed by atoms with Crippen molar-refractivity contribution in [1.82, 2.24) is 20.2 Å². The van der Waals surface area contributed by atoms with Crippen LogP contribution >= 0.6 is 15.9 Å². The lowest BCUT2D eigenvalue weighted by atomic mass is 10.2. The highest BCUT2D eigenvalue weighted by molar-refractivity contribution is 9.10. The van der Waals surface area contributed by atoms with Crippen LogP contribution in [0.5, 0.6) is 11.8 Å². The second kappa shape index (κ2) is 4.09. The number of ether oxygens (including phenoxy) is 1. The van der Waals surface area contributed by atoms with Gasteiger partial charge in [0.15, 0.2) is 5.75 Å². The number of nitrogens with zero attached hydrogens (tertiary/aromatic N) is 4. The number of anilines is 1. The highest BCUT2D eigenvalue weighted by Crippen LogP contribution is 2.32. The Hall–Kier alpha value is -1.63. The van der Waals surface area contributed by atoms with E-state index in [0.717, 1.165) is 10.0 Å². The van der Waals surface area contributed by atoms with Crippen LogP contribution in [-0.2, 0) is 7.05 Å². The van der Waals surface area contributed by atoms with Crippen molar-refractivity contribution in [2.45, 2.75) is 6.92 Å². The summed E-state index contributed by atoms with van der Waals surface area (Å²) in [7, 11) is 1.69. The predicted molar refractivity (Wildman–Crippen MR) is 62.2 cm³/mol. The monoisotopic (exact) mass is 283 g/mol. The van der Waals surface area contributed by atoms with Gasteiger partial charge in [-0.15, -0.1) is 0 Å². The summed E-state index contributed by atoms with van der Waals surface area (Å²) >= 11 is 3.36. The Morgan fingerprint density at radius 3 is 2.75 bits per heavy atom. The summed E-state index contributed by atoms with van der Waals surface area (Å²) in [6, 6.07) is 3.99. The van der Waals surface area contributed by atoms with Gasteiger partial charge in [0, 0.05) is 11.5 Å². The van der Waals surface area contributed by atoms with Gasteiger partial charge in [-0.2, -0.15) is 4.68 Å². The fourth-order valence-corrected chi connectivity index (χ4v) is 1.88. The first-order valence-corrected chi connectivity index (χ1v) is 5.33. The molecule has 0 bridgehead atoms. The summed E-state index contributed by atoms with van der Waals surface area (Å²) in [5.74, 6) is 0.570. The molecule has 0 radical (unpaired) electrons. The van der Waals surface area contributed by atoms with Gasteiger partial charge in [-0.1, -0.05) is 21.0 Å². The minimum atomic E-state index is 0.303. The van der Waals surface area contributed by atoms with Crippen LogP contribution in [0.3, 0.4) is 0 Å². The average molecular weight is 284 g/mol. The summed E-state index contributed by atoms with van der Waals surface area (Å²) in [5.41, 5.74) is 7.30. The van der Waals surface area contributed by atoms with Gasteiger partial charge >= 0.3 is 6.01 Å². The SMILES string of the molecule is Cc1cc(Br)cc(N)c1Oc1nnnn1C. The number of hydrogen-bond acceptors (Lipinski definition) is 5. The minimum absolute atomic E-state index is 0.303. The van der Waals surface area contributed by atoms with E-state index in [1.165, 1.54) is 4.68 Å². The van der Waals surface area contributed by atoms with Gasteiger partial charge in [0.1, 0.15) is 0 Å². The Morgan fingerprint density at radius 1 is 1.44 bits per heavy atom. The van der Waals surface area contributed by atoms with Crippen LogP contribution in [0.15, 0.2) is 16.6 Å². The number of nitrogen functional groups attached to an aromatic ring is 1. The summed E-state index contributed by atoms with van der Waals surface area (Å²) in [5, 5.41) is 10.9. The molecule has 0 spiro atoms. The van der Waals surface area contributed by atoms with Crippen LogP contribution < -0.4 is 10.5 Å². The Kier molecular flexibility index (Phi) is 2.78. The molecule has 2 rings (SSSR count). The number of halogens is 1. The van der Waals surface area contributed by atoms with E-state index in [1.807, 2.05) is 13.0 Å². The molecule has 7 heteroatoms. The molecule has 0 aliphatic rings. The molecule has 16 heavy (non-hydrogen) atoms. The largest absolute Gasteiger partial charge is 0.421 e. The molecule has 0 atom stereocenters. The summed E-state index contributed by atoms with van der Waals surface area (Å²) in [6.07, 6.45) is 0. The zero-order valence-corrected chi connectivity index (χ0v) is 10.4. The van der Waals surface area contributed by atoms with Gasteiger partial charge in [-0.05, 0) is 35.0 Å². The minimum Gasteiger partial charge on any atom is -0.421 e. The van der Waals surface area contributed by atoms with Gasteiger partial charge in [-0.25, -0.2) is 0 Å². The maximum atomic E-state index is 5.86. The zero-order valence-electron chi connectivity index (χ0n) is 8.81. The number of aryl methyl sites for hydroxylation is 2. The van der Waals surface area contributed by atoms with Crippen LogP contribution in [-0.4, -0.2) is 20.2 Å². The van der Waals surface area contributed by atoms with Gasteiger partial charge in [0.25, 0.3) is 0 Å². The first-order valence-electron chi connectivity index (χ1n) is 4.54. The van der Waals surface area contributed by atoms with Crippen LogP contribution in [0, 0.1) is 6.92 Å². The Morgan fingerprint density at radius 2 is 2.19 bits per heavy atom. The van der Waals surface area contributed by atoms with E-state index in [-0.39, 0.29) is 0 Å². The standard InChI is InChI=1S/C9H10BrN5O/c1-5-3-6(10)4-7(11)8(5)16-9-12-13-14-15(9)2/h3-4H,11H2,1-2H3. The van der Waals surface area contributed by atoms with Crippen molar-refractivity contribution in [3.05, 3.63) is 22.2 Å². The lowest BCUT2D eigenvalue weighted by Gasteiger charge is -2.09. The van der Waals surface area contributed by atoms with E-state index >= 15 is 0 Å². The molecule has 0 aliphatic heterocycles. The van der Waals surface area contributed by atoms with Crippen LogP contribution in [0.1, 0.15) is 5.56 Å². The molecule has 0 saturated carbocycles. The lowest BCUT2D eigenvalue weighted by Crippen LogP contribution is -2.00. The van der Waals surface area contributed by atoms with Crippen molar-refractivity contribution in [2.75, 3.05) is 5.73 Å². The third-order valence-corrected chi connectivity index (χ3v) is 2.50. The summed E-state index contributed by atoms with van der Waals surface area (Å²) < 4.78 is 7.89. The van der Waals surface area contributed by atoms with Gasteiger partial charge in [0.2, 0.25) is 0 Å². The molecular formula is C9H10BrN5O. The highest BCUT2D eigenvalue weighted by atomic mass is 79.9. The molecule has 0 saturated heterocycles. The van der Waals surface area contributed by atoms with Crippen molar-refractivity contribution in [2.24, 2.45) is 7.05 Å². The molecule has 2 aromatic rings. The molecule has 0 fully saturated rings. The van der Waals surface area contributed by atoms with Crippen molar-refractivity contribution in [1.29, 1.82) is 0 Å². The van der Waals surface area contributed by atoms with Crippen LogP contribution in [0.4, 0.5) is 5.69 Å². The fourth-order valence-electron chi connectivity index (χ4n) is 1.29. The highest BCUT2D eigenvalue weighted by Gasteiger charge is 2.11. The molecule has 0 unspecified atom stereocenters. The third-order valence-electron chi connectivity index (χ3n) is 2.04. The Bertz CT molecular complexity index is 501. The molecule has 0 aliphatic carbocycles. The van der Waals surface area contributed by atoms with E-state index in [4.69, 9.17) is 10.5 Å². The quantitative estimate of drug-likeness (QED) is 0.848. The van der Waals surface area contributed by atoms with Crippen molar-refractivity contribution in [3.63, 3.8) is 0 Å². The van der Waals surface area contributed by atoms with Gasteiger partial charge < -0.3 is 10.5 Å². The first-order chi connectivity index (χ1) is 7.58. The molecular weight excluding hydrogens is 274 g/mol. The number of nitrogens with two attached hydrogens (primary N) is 1. The molecule has 6 nitrogen and oxygen atoms in total. The van der Waals surface area contributed by atoms with Crippen LogP contribution in [0.25, 0.3) is 0 Å². The topological polar surface area (TPSA) is 78.8 Å². The van der Waals surface area contributed by atoms with Crippen molar-refractivity contribution < 1.29 is 4.74 Å². The predicted octanol–water partition coefficient (Wildman–Crippen LogP) is 1.66. The molecule has 0 amide bonds. The fraction of sp³-hybridized carbons (Fsp3) is 0.222. The van der Waals surface area contributed by atoms with E-state index in [0.29, 0.717) is 17.4 Å². The van der Waals surface area contributed by atoms with E-state index in [2.05, 4.69) is 31.5 Å². The van der Waals surface area contributed by atoms with Gasteiger partial charge in [-0.3, -0.25) is 0 Å². The number of rotatable bonds is 2. The van der Waals surface area contributed by atoms with Crippen LogP contribution in [0.2, 0.25) is 0 Å². The van der Waals surface area contributed by atoms with Crippen molar-refractivity contribution >= 4 is 21.6 Å². The molecule has 84 valence electrons. The second-order valence-corrected chi connectivity index (χ2v) is 4.24. The average Bonchev–Trinajstić information content (AvgIpc) is 2.57. The second-order valence-electron chi connectivity index (χ2n) is 3.33. The molecule has 1 heterocycles. The number of benzene rings is 1. The van der Waals surface area contributed by atoms with Gasteiger partial charge in [0.05, 0.1) is 5.69 Å². The molecule has 1 aromatic carbocycles. The third kappa shape index (κ3) is 1.99. The lowest BCUT2D eigenvalue weighted by molar-refractivity contribution is 0.414. The summed E-state index contributed by atoms with van der Waals surface area (Å²) in [6.45, 7) is 1.90. The molecule has 2 N–H and O–H groups in total. The first kappa shape index (κ1) is 10.9. The maximum absolute atomic E-state index is 5.86. The van der Waals surface area contributed by atoms with E-state index in [9.17, 15) is 0 Å². The summed E-state index contributed by atoms with van der Waals surface area (Å²) in [4.78, 5) is 0. The number of hydrogen-bond donors (Lipinski definition) is 1. The van der Waals surface area contributed by atoms with Crippen molar-refractivity contribution in [3.8, 4) is 11.8 Å². The smallest absolute Gasteiger partial charge is 0.340 e. The number of aromatic nitrogens is 4. The zero-order chi connectivity index (χ0) is 11.7. The number of tetrazole rings is 1. The van der Waals surface area contributed by atoms with E-state index < -0.39 is 0 Å². The van der Waals surface area contributed by atoms with E-state index in [1.54, 1.807) is 13.1 Å².